The lowest BCUT2D eigenvalue weighted by atomic mass is 9.99. The Morgan fingerprint density at radius 2 is 0.952 bits per heavy atom. The number of phosphoric acid groups is 2. The van der Waals surface area contributed by atoms with Crippen LogP contribution in [0.15, 0.2) is 60.7 Å². The van der Waals surface area contributed by atoms with Gasteiger partial charge in [0, 0.05) is 0 Å². The first-order valence-corrected chi connectivity index (χ1v) is 15.7. The molecule has 0 radical (unpaired) electrons. The molecule has 3 aliphatic heterocycles. The second-order valence-electron chi connectivity index (χ2n) is 9.58. The van der Waals surface area contributed by atoms with Gasteiger partial charge in [-0.15, -0.1) is 0 Å². The van der Waals surface area contributed by atoms with E-state index in [1.165, 1.54) is 24.3 Å². The van der Waals surface area contributed by atoms with Crippen LogP contribution in [0.5, 0.6) is 11.5 Å². The minimum absolute atomic E-state index is 0.236. The third-order valence-corrected chi connectivity index (χ3v) is 8.56. The number of fused-ring (bicyclic) bond motifs is 2. The van der Waals surface area contributed by atoms with E-state index in [1.807, 2.05) is 0 Å². The van der Waals surface area contributed by atoms with Gasteiger partial charge in [0.15, 0.2) is 0 Å². The van der Waals surface area contributed by atoms with Crippen molar-refractivity contribution in [3.8, 4) is 11.5 Å². The largest absolute Gasteiger partial charge is 0.472 e. The molecule has 3 fully saturated rings. The van der Waals surface area contributed by atoms with Gasteiger partial charge in [0.05, 0.1) is 13.2 Å². The second-order valence-corrected chi connectivity index (χ2v) is 12.4. The van der Waals surface area contributed by atoms with Crippen LogP contribution in [0.4, 0.5) is 0 Å². The number of benzene rings is 2. The zero-order valence-electron chi connectivity index (χ0n) is 21.6. The number of aliphatic hydroxyl groups excluding tert-OH is 4. The molecule has 0 bridgehead atoms. The molecule has 2 aromatic rings. The lowest BCUT2D eigenvalue weighted by Crippen LogP contribution is -2.61. The van der Waals surface area contributed by atoms with E-state index in [9.17, 15) is 39.3 Å². The molecule has 2 unspecified atom stereocenters. The van der Waals surface area contributed by atoms with Crippen molar-refractivity contribution in [1.29, 1.82) is 0 Å². The lowest BCUT2D eigenvalue weighted by Gasteiger charge is -2.44. The Labute approximate surface area is 239 Å². The smallest absolute Gasteiger partial charge is 0.462 e. The van der Waals surface area contributed by atoms with Gasteiger partial charge in [0.1, 0.15) is 60.3 Å². The van der Waals surface area contributed by atoms with E-state index in [0.717, 1.165) is 0 Å². The summed E-state index contributed by atoms with van der Waals surface area (Å²) < 4.78 is 68.4. The van der Waals surface area contributed by atoms with Gasteiger partial charge in [-0.25, -0.2) is 9.13 Å². The molecule has 6 N–H and O–H groups in total. The molecule has 0 aromatic heterocycles. The Morgan fingerprint density at radius 1 is 0.595 bits per heavy atom. The van der Waals surface area contributed by atoms with Crippen LogP contribution in [0.2, 0.25) is 0 Å². The van der Waals surface area contributed by atoms with E-state index in [1.54, 1.807) is 36.4 Å². The second kappa shape index (κ2) is 12.9. The van der Waals surface area contributed by atoms with Crippen LogP contribution in [0.25, 0.3) is 0 Å². The molecule has 42 heavy (non-hydrogen) atoms. The fourth-order valence-corrected chi connectivity index (χ4v) is 6.43. The molecule has 0 aliphatic carbocycles. The first kappa shape index (κ1) is 31.4. The molecular formula is C24H30O16P2. The van der Waals surface area contributed by atoms with Crippen molar-refractivity contribution in [2.45, 2.75) is 61.4 Å². The Kier molecular flexibility index (Phi) is 9.69. The molecular weight excluding hydrogens is 606 g/mol. The van der Waals surface area contributed by atoms with Gasteiger partial charge < -0.3 is 49.2 Å². The Hall–Kier alpha value is -1.98. The topological polar surface area (TPSA) is 229 Å². The lowest BCUT2D eigenvalue weighted by molar-refractivity contribution is -0.282. The standard InChI is InChI=1S/C24H30O16P2/c25-17-19(27)23(35-13-7-3-1-4-8-13)37-15-11-33-41(29,30)40-22-16(12-34-42(31,32)39-21(15)17)38-24(20(28)18(22)26)36-14-9-5-2-6-10-14/h1-10,15-28H,11-12H2,(H,29,30)(H,31,32)/t15-,16-,17-,18-,19-,20-,21-,22-,23-,24-/m1/s1. The molecule has 3 heterocycles. The van der Waals surface area contributed by atoms with Gasteiger partial charge in [-0.1, -0.05) is 36.4 Å². The first-order valence-electron chi connectivity index (χ1n) is 12.7. The van der Waals surface area contributed by atoms with Gasteiger partial charge in [-0.3, -0.25) is 18.1 Å². The van der Waals surface area contributed by atoms with Crippen LogP contribution in [0.1, 0.15) is 0 Å². The molecule has 0 spiro atoms. The quantitative estimate of drug-likeness (QED) is 0.244. The predicted molar refractivity (Wildman–Crippen MR) is 137 cm³/mol. The van der Waals surface area contributed by atoms with Crippen LogP contribution >= 0.6 is 15.6 Å². The monoisotopic (exact) mass is 636 g/mol. The summed E-state index contributed by atoms with van der Waals surface area (Å²) in [5.74, 6) is 0.472. The van der Waals surface area contributed by atoms with Crippen LogP contribution in [0, 0.1) is 0 Å². The zero-order valence-corrected chi connectivity index (χ0v) is 23.4. The van der Waals surface area contributed by atoms with Crippen LogP contribution in [0.3, 0.4) is 0 Å². The fraction of sp³-hybridized carbons (Fsp3) is 0.500. The molecule has 5 rings (SSSR count). The summed E-state index contributed by atoms with van der Waals surface area (Å²) in [5.41, 5.74) is 0. The summed E-state index contributed by atoms with van der Waals surface area (Å²) in [7, 11) is -10.2. The van der Waals surface area contributed by atoms with Gasteiger partial charge in [0.25, 0.3) is 0 Å². The summed E-state index contributed by atoms with van der Waals surface area (Å²) in [5, 5.41) is 42.8. The molecule has 3 saturated heterocycles. The SMILES string of the molecule is O=P1(O)OC[C@H]2O[C@@H](Oc3ccccc3)[C@H](O)[C@@H](O)[C@@H]2OP(=O)(O)OC[C@H]2O[C@@H](Oc3ccccc3)[C@H](O)[C@@H](O)[C@@H]2O1. The van der Waals surface area contributed by atoms with Crippen molar-refractivity contribution in [2.24, 2.45) is 0 Å². The normalized spacial score (nSPS) is 43.1. The number of hydrogen-bond donors (Lipinski definition) is 6. The Morgan fingerprint density at radius 3 is 1.31 bits per heavy atom. The number of rotatable bonds is 4. The number of para-hydroxylation sites is 2. The van der Waals surface area contributed by atoms with E-state index >= 15 is 0 Å². The van der Waals surface area contributed by atoms with E-state index in [0.29, 0.717) is 0 Å². The van der Waals surface area contributed by atoms with Crippen LogP contribution in [-0.2, 0) is 36.7 Å². The van der Waals surface area contributed by atoms with E-state index in [2.05, 4.69) is 0 Å². The average molecular weight is 636 g/mol. The van der Waals surface area contributed by atoms with Gasteiger partial charge in [-0.05, 0) is 24.3 Å². The molecule has 2 aromatic carbocycles. The maximum Gasteiger partial charge on any atom is 0.472 e. The fourth-order valence-electron chi connectivity index (χ4n) is 4.50. The highest BCUT2D eigenvalue weighted by molar-refractivity contribution is 7.47. The van der Waals surface area contributed by atoms with Gasteiger partial charge >= 0.3 is 15.6 Å². The Bertz CT molecular complexity index is 1170. The summed E-state index contributed by atoms with van der Waals surface area (Å²) >= 11 is 0. The van der Waals surface area contributed by atoms with E-state index in [4.69, 9.17) is 37.0 Å². The Balaban J connectivity index is 1.37. The molecule has 18 heteroatoms. The van der Waals surface area contributed by atoms with Crippen molar-refractivity contribution in [3.05, 3.63) is 60.7 Å². The van der Waals surface area contributed by atoms with E-state index < -0.39 is 90.3 Å². The zero-order chi connectivity index (χ0) is 30.1. The average Bonchev–Trinajstić information content (AvgIpc) is 2.96. The summed E-state index contributed by atoms with van der Waals surface area (Å²) in [4.78, 5) is 20.9. The number of aliphatic hydroxyl groups is 4. The van der Waals surface area contributed by atoms with E-state index in [-0.39, 0.29) is 11.5 Å². The highest BCUT2D eigenvalue weighted by Crippen LogP contribution is 2.51. The maximum atomic E-state index is 12.9. The number of phosphoric ester groups is 2. The van der Waals surface area contributed by atoms with Crippen molar-refractivity contribution in [2.75, 3.05) is 13.2 Å². The molecule has 232 valence electrons. The van der Waals surface area contributed by atoms with Crippen molar-refractivity contribution in [1.82, 2.24) is 0 Å². The van der Waals surface area contributed by atoms with Gasteiger partial charge in [0.2, 0.25) is 12.6 Å². The minimum atomic E-state index is -5.09. The summed E-state index contributed by atoms with van der Waals surface area (Å²) in [6.07, 6.45) is -17.4. The van der Waals surface area contributed by atoms with Crippen molar-refractivity contribution < 1.29 is 76.4 Å². The first-order chi connectivity index (χ1) is 19.9. The molecule has 3 aliphatic rings. The maximum absolute atomic E-state index is 12.9. The predicted octanol–water partition coefficient (Wildman–Crippen LogP) is 0.0558. The third kappa shape index (κ3) is 7.38. The van der Waals surface area contributed by atoms with Crippen LogP contribution < -0.4 is 9.47 Å². The van der Waals surface area contributed by atoms with Crippen molar-refractivity contribution >= 4 is 15.6 Å². The highest BCUT2D eigenvalue weighted by Gasteiger charge is 2.53. The van der Waals surface area contributed by atoms with Crippen LogP contribution in [-0.4, -0.2) is 105 Å². The minimum Gasteiger partial charge on any atom is -0.462 e. The molecule has 0 saturated carbocycles. The number of ether oxygens (including phenoxy) is 4. The summed E-state index contributed by atoms with van der Waals surface area (Å²) in [6, 6.07) is 16.1. The molecule has 0 amide bonds. The van der Waals surface area contributed by atoms with Crippen molar-refractivity contribution in [3.63, 3.8) is 0 Å². The molecule has 16 nitrogen and oxygen atoms in total. The summed E-state index contributed by atoms with van der Waals surface area (Å²) in [6.45, 7) is -1.79. The molecule has 12 atom stereocenters. The third-order valence-electron chi connectivity index (χ3n) is 6.59. The highest BCUT2D eigenvalue weighted by atomic mass is 31.2. The number of hydrogen-bond acceptors (Lipinski definition) is 14. The van der Waals surface area contributed by atoms with Gasteiger partial charge in [-0.2, -0.15) is 0 Å².